The van der Waals surface area contributed by atoms with E-state index in [9.17, 15) is 0 Å². The zero-order valence-electron chi connectivity index (χ0n) is 15.1. The van der Waals surface area contributed by atoms with Crippen molar-refractivity contribution >= 4 is 0 Å². The number of hydrogen-bond acceptors (Lipinski definition) is 3. The van der Waals surface area contributed by atoms with E-state index in [0.717, 1.165) is 13.1 Å². The Morgan fingerprint density at radius 1 is 1.10 bits per heavy atom. The molecule has 0 aromatic carbocycles. The Morgan fingerprint density at radius 3 is 2.20 bits per heavy atom. The van der Waals surface area contributed by atoms with Gasteiger partial charge >= 0.3 is 0 Å². The van der Waals surface area contributed by atoms with E-state index in [2.05, 4.69) is 63.8 Å². The molecule has 1 N–H and O–H groups in total. The molecule has 0 spiro atoms. The molecule has 0 aliphatic heterocycles. The highest BCUT2D eigenvalue weighted by Crippen LogP contribution is 2.24. The van der Waals surface area contributed by atoms with Gasteiger partial charge in [-0.1, -0.05) is 41.0 Å². The van der Waals surface area contributed by atoms with Gasteiger partial charge < -0.3 is 15.1 Å². The molecule has 0 heterocycles. The van der Waals surface area contributed by atoms with Crippen LogP contribution in [0, 0.1) is 5.41 Å². The summed E-state index contributed by atoms with van der Waals surface area (Å²) >= 11 is 0. The monoisotopic (exact) mass is 285 g/mol. The van der Waals surface area contributed by atoms with Gasteiger partial charge in [-0.15, -0.1) is 0 Å². The van der Waals surface area contributed by atoms with Crippen molar-refractivity contribution in [2.45, 2.75) is 59.9 Å². The van der Waals surface area contributed by atoms with Crippen LogP contribution in [-0.2, 0) is 0 Å². The van der Waals surface area contributed by atoms with E-state index in [1.165, 1.54) is 38.9 Å². The fourth-order valence-corrected chi connectivity index (χ4v) is 2.78. The van der Waals surface area contributed by atoms with Crippen molar-refractivity contribution in [1.29, 1.82) is 0 Å². The average molecular weight is 286 g/mol. The Kier molecular flexibility index (Phi) is 10.5. The molecule has 3 heteroatoms. The normalized spacial score (nSPS) is 15.3. The largest absolute Gasteiger partial charge is 0.314 e. The zero-order valence-corrected chi connectivity index (χ0v) is 15.1. The summed E-state index contributed by atoms with van der Waals surface area (Å²) in [5.74, 6) is 0. The minimum Gasteiger partial charge on any atom is -0.314 e. The van der Waals surface area contributed by atoms with Crippen LogP contribution >= 0.6 is 0 Å². The molecule has 0 saturated carbocycles. The van der Waals surface area contributed by atoms with Crippen molar-refractivity contribution < 1.29 is 0 Å². The van der Waals surface area contributed by atoms with Crippen LogP contribution in [0.3, 0.4) is 0 Å². The molecule has 0 aromatic heterocycles. The lowest BCUT2D eigenvalue weighted by Crippen LogP contribution is -2.44. The summed E-state index contributed by atoms with van der Waals surface area (Å²) in [6, 6.07) is 0.579. The second kappa shape index (κ2) is 10.6. The second-order valence-corrected chi connectivity index (χ2v) is 7.12. The summed E-state index contributed by atoms with van der Waals surface area (Å²) < 4.78 is 0. The van der Waals surface area contributed by atoms with E-state index in [1.807, 2.05) is 0 Å². The third kappa shape index (κ3) is 9.73. The van der Waals surface area contributed by atoms with Gasteiger partial charge in [0, 0.05) is 19.1 Å². The SMILES string of the molecule is CCCC(C)(CNC(C)C)CN(CC)CCCN(C)C. The summed E-state index contributed by atoms with van der Waals surface area (Å²) in [5.41, 5.74) is 0.396. The standard InChI is InChI=1S/C17H39N3/c1-8-11-17(5,14-18-16(3)4)15-20(9-2)13-10-12-19(6)7/h16,18H,8-15H2,1-7H3. The van der Waals surface area contributed by atoms with Crippen molar-refractivity contribution in [3.05, 3.63) is 0 Å². The van der Waals surface area contributed by atoms with Gasteiger partial charge in [0.1, 0.15) is 0 Å². The van der Waals surface area contributed by atoms with Crippen molar-refractivity contribution in [1.82, 2.24) is 15.1 Å². The van der Waals surface area contributed by atoms with E-state index >= 15 is 0 Å². The minimum absolute atomic E-state index is 0.396. The first-order valence-corrected chi connectivity index (χ1v) is 8.43. The maximum atomic E-state index is 3.64. The molecule has 3 nitrogen and oxygen atoms in total. The van der Waals surface area contributed by atoms with Gasteiger partial charge in [0.25, 0.3) is 0 Å². The van der Waals surface area contributed by atoms with Crippen LogP contribution in [0.4, 0.5) is 0 Å². The van der Waals surface area contributed by atoms with Crippen LogP contribution in [0.15, 0.2) is 0 Å². The molecule has 1 unspecified atom stereocenters. The molecule has 0 aromatic rings. The summed E-state index contributed by atoms with van der Waals surface area (Å²) in [7, 11) is 4.31. The average Bonchev–Trinajstić information content (AvgIpc) is 2.35. The fourth-order valence-electron chi connectivity index (χ4n) is 2.78. The first-order chi connectivity index (χ1) is 9.33. The molecule has 0 fully saturated rings. The molecule has 122 valence electrons. The number of nitrogens with zero attached hydrogens (tertiary/aromatic N) is 2. The van der Waals surface area contributed by atoms with E-state index in [-0.39, 0.29) is 0 Å². The predicted molar refractivity (Wildman–Crippen MR) is 91.4 cm³/mol. The lowest BCUT2D eigenvalue weighted by atomic mass is 9.84. The lowest BCUT2D eigenvalue weighted by molar-refractivity contribution is 0.147. The van der Waals surface area contributed by atoms with Gasteiger partial charge in [-0.05, 0) is 52.0 Å². The quantitative estimate of drug-likeness (QED) is 0.594. The van der Waals surface area contributed by atoms with Crippen LogP contribution < -0.4 is 5.32 Å². The first-order valence-electron chi connectivity index (χ1n) is 8.43. The van der Waals surface area contributed by atoms with Crippen LogP contribution in [-0.4, -0.2) is 62.7 Å². The van der Waals surface area contributed by atoms with Gasteiger partial charge in [0.2, 0.25) is 0 Å². The van der Waals surface area contributed by atoms with Crippen LogP contribution in [0.1, 0.15) is 53.9 Å². The van der Waals surface area contributed by atoms with Crippen LogP contribution in [0.25, 0.3) is 0 Å². The van der Waals surface area contributed by atoms with E-state index in [0.29, 0.717) is 11.5 Å². The zero-order chi connectivity index (χ0) is 15.6. The summed E-state index contributed by atoms with van der Waals surface area (Å²) in [5, 5.41) is 3.64. The van der Waals surface area contributed by atoms with Gasteiger partial charge in [-0.2, -0.15) is 0 Å². The molecule has 0 aliphatic carbocycles. The maximum absolute atomic E-state index is 3.64. The van der Waals surface area contributed by atoms with Crippen molar-refractivity contribution in [3.8, 4) is 0 Å². The van der Waals surface area contributed by atoms with E-state index in [1.54, 1.807) is 0 Å². The summed E-state index contributed by atoms with van der Waals surface area (Å²) in [6.45, 7) is 17.4. The molecule has 20 heavy (non-hydrogen) atoms. The maximum Gasteiger partial charge on any atom is 0.00474 e. The van der Waals surface area contributed by atoms with Gasteiger partial charge in [0.05, 0.1) is 0 Å². The number of rotatable bonds is 12. The van der Waals surface area contributed by atoms with Crippen molar-refractivity contribution in [3.63, 3.8) is 0 Å². The van der Waals surface area contributed by atoms with E-state index in [4.69, 9.17) is 0 Å². The minimum atomic E-state index is 0.396. The van der Waals surface area contributed by atoms with Gasteiger partial charge in [-0.25, -0.2) is 0 Å². The van der Waals surface area contributed by atoms with Gasteiger partial charge in [-0.3, -0.25) is 0 Å². The second-order valence-electron chi connectivity index (χ2n) is 7.12. The van der Waals surface area contributed by atoms with Crippen LogP contribution in [0.2, 0.25) is 0 Å². The highest BCUT2D eigenvalue weighted by Gasteiger charge is 2.25. The molecular weight excluding hydrogens is 246 g/mol. The Bertz CT molecular complexity index is 228. The first kappa shape index (κ1) is 19.9. The van der Waals surface area contributed by atoms with Crippen molar-refractivity contribution in [2.24, 2.45) is 5.41 Å². The Balaban J connectivity index is 4.35. The molecule has 0 amide bonds. The fraction of sp³-hybridized carbons (Fsp3) is 1.00. The number of nitrogens with one attached hydrogen (secondary N) is 1. The molecule has 0 rings (SSSR count). The predicted octanol–water partition coefficient (Wildman–Crippen LogP) is 3.06. The highest BCUT2D eigenvalue weighted by atomic mass is 15.1. The molecule has 0 bridgehead atoms. The summed E-state index contributed by atoms with van der Waals surface area (Å²) in [6.07, 6.45) is 3.84. The molecule has 0 saturated heterocycles. The third-order valence-corrected chi connectivity index (χ3v) is 3.92. The Labute approximate surface area is 128 Å². The van der Waals surface area contributed by atoms with Crippen LogP contribution in [0.5, 0.6) is 0 Å². The molecule has 1 atom stereocenters. The molecule has 0 aliphatic rings. The Hall–Kier alpha value is -0.120. The smallest absolute Gasteiger partial charge is 0.00474 e. The Morgan fingerprint density at radius 2 is 1.75 bits per heavy atom. The van der Waals surface area contributed by atoms with E-state index < -0.39 is 0 Å². The van der Waals surface area contributed by atoms with Crippen molar-refractivity contribution in [2.75, 3.05) is 46.8 Å². The molecular formula is C17H39N3. The number of hydrogen-bond donors (Lipinski definition) is 1. The van der Waals surface area contributed by atoms with Gasteiger partial charge in [0.15, 0.2) is 0 Å². The lowest BCUT2D eigenvalue weighted by Gasteiger charge is -2.36. The highest BCUT2D eigenvalue weighted by molar-refractivity contribution is 4.81. The molecule has 0 radical (unpaired) electrons. The third-order valence-electron chi connectivity index (χ3n) is 3.92. The summed E-state index contributed by atoms with van der Waals surface area (Å²) in [4.78, 5) is 4.90. The topological polar surface area (TPSA) is 18.5 Å².